The third kappa shape index (κ3) is 3.88. The third-order valence-electron chi connectivity index (χ3n) is 6.04. The summed E-state index contributed by atoms with van der Waals surface area (Å²) in [6.07, 6.45) is 5.58. The highest BCUT2D eigenvalue weighted by Gasteiger charge is 2.42. The summed E-state index contributed by atoms with van der Waals surface area (Å²) in [5.74, 6) is 0.0603. The first-order valence-electron chi connectivity index (χ1n) is 9.93. The minimum absolute atomic E-state index is 0.0465. The number of hydrogen-bond acceptors (Lipinski definition) is 3. The summed E-state index contributed by atoms with van der Waals surface area (Å²) in [4.78, 5) is 45.4. The summed E-state index contributed by atoms with van der Waals surface area (Å²) in [5.41, 5.74) is 1.11. The number of piperidine rings is 2. The molecule has 0 aliphatic carbocycles. The first-order chi connectivity index (χ1) is 13.5. The number of imidazole rings is 1. The normalized spacial score (nSPS) is 22.6. The molecule has 2 aliphatic rings. The molecular formula is C21H26N4O3. The second-order valence-corrected chi connectivity index (χ2v) is 8.04. The van der Waals surface area contributed by atoms with Crippen LogP contribution in [0.25, 0.3) is 0 Å². The van der Waals surface area contributed by atoms with E-state index in [-0.39, 0.29) is 22.9 Å². The molecule has 0 saturated carbocycles. The highest BCUT2D eigenvalue weighted by atomic mass is 16.2. The number of hydrogen-bond donors (Lipinski definition) is 2. The zero-order valence-corrected chi connectivity index (χ0v) is 15.9. The van der Waals surface area contributed by atoms with Crippen LogP contribution in [0.4, 0.5) is 0 Å². The van der Waals surface area contributed by atoms with Crippen LogP contribution in [0, 0.1) is 5.41 Å². The number of nitrogens with one attached hydrogen (secondary N) is 2. The molecule has 2 saturated heterocycles. The molecule has 28 heavy (non-hydrogen) atoms. The number of aromatic amines is 2. The average molecular weight is 382 g/mol. The number of benzene rings is 1. The van der Waals surface area contributed by atoms with Crippen LogP contribution in [-0.2, 0) is 11.2 Å². The number of carbonyl (C=O) groups is 2. The number of H-pyrrole nitrogens is 2. The van der Waals surface area contributed by atoms with Gasteiger partial charge in [-0.3, -0.25) is 9.59 Å². The van der Waals surface area contributed by atoms with Gasteiger partial charge in [-0.2, -0.15) is 0 Å². The minimum atomic E-state index is -0.370. The van der Waals surface area contributed by atoms with Gasteiger partial charge < -0.3 is 19.8 Å². The molecular weight excluding hydrogens is 356 g/mol. The Bertz CT molecular complexity index is 904. The van der Waals surface area contributed by atoms with E-state index in [1.807, 2.05) is 28.0 Å². The van der Waals surface area contributed by atoms with Gasteiger partial charge >= 0.3 is 5.69 Å². The predicted octanol–water partition coefficient (Wildman–Crippen LogP) is 1.79. The molecule has 2 N–H and O–H groups in total. The van der Waals surface area contributed by atoms with Crippen molar-refractivity contribution in [3.63, 3.8) is 0 Å². The molecule has 3 heterocycles. The largest absolute Gasteiger partial charge is 0.342 e. The van der Waals surface area contributed by atoms with Gasteiger partial charge in [0.1, 0.15) is 5.69 Å². The van der Waals surface area contributed by atoms with Gasteiger partial charge in [0.2, 0.25) is 5.91 Å². The van der Waals surface area contributed by atoms with Gasteiger partial charge in [-0.05, 0) is 31.2 Å². The summed E-state index contributed by atoms with van der Waals surface area (Å²) < 4.78 is 0. The number of carbonyl (C=O) groups excluding carboxylic acids is 2. The maximum atomic E-state index is 12.8. The lowest BCUT2D eigenvalue weighted by Gasteiger charge is -2.48. The van der Waals surface area contributed by atoms with Gasteiger partial charge in [-0.25, -0.2) is 4.79 Å². The molecule has 1 aromatic heterocycles. The molecule has 4 rings (SSSR count). The van der Waals surface area contributed by atoms with Gasteiger partial charge in [0.05, 0.1) is 0 Å². The van der Waals surface area contributed by atoms with Crippen molar-refractivity contribution in [2.45, 2.75) is 32.1 Å². The summed E-state index contributed by atoms with van der Waals surface area (Å²) >= 11 is 0. The molecule has 148 valence electrons. The van der Waals surface area contributed by atoms with Crippen molar-refractivity contribution in [1.82, 2.24) is 19.8 Å². The molecule has 1 spiro atoms. The van der Waals surface area contributed by atoms with E-state index in [0.29, 0.717) is 38.3 Å². The molecule has 2 amide bonds. The third-order valence-corrected chi connectivity index (χ3v) is 6.04. The summed E-state index contributed by atoms with van der Waals surface area (Å²) in [6.45, 7) is 2.73. The predicted molar refractivity (Wildman–Crippen MR) is 105 cm³/mol. The van der Waals surface area contributed by atoms with E-state index >= 15 is 0 Å². The van der Waals surface area contributed by atoms with Gasteiger partial charge in [0.15, 0.2) is 0 Å². The van der Waals surface area contributed by atoms with Gasteiger partial charge in [-0.1, -0.05) is 30.3 Å². The Hall–Kier alpha value is -2.83. The molecule has 0 bridgehead atoms. The average Bonchev–Trinajstić information content (AvgIpc) is 3.15. The van der Waals surface area contributed by atoms with Crippen molar-refractivity contribution >= 4 is 11.8 Å². The Balaban J connectivity index is 1.43. The molecule has 7 heteroatoms. The Morgan fingerprint density at radius 1 is 1.11 bits per heavy atom. The lowest BCUT2D eigenvalue weighted by molar-refractivity contribution is -0.138. The summed E-state index contributed by atoms with van der Waals surface area (Å²) in [6, 6.07) is 10.2. The number of amides is 2. The standard InChI is InChI=1S/C21H26N4O3/c26-18-7-10-21(14-24(18)12-8-16-5-2-1-3-6-16)9-4-11-25(15-21)19(27)17-13-22-20(28)23-17/h1-3,5-6,13H,4,7-12,14-15H2,(H2,22,23,28)/t21-/m0/s1. The molecule has 0 radical (unpaired) electrons. The number of aromatic nitrogens is 2. The maximum Gasteiger partial charge on any atom is 0.323 e. The summed E-state index contributed by atoms with van der Waals surface area (Å²) in [5, 5.41) is 0. The Morgan fingerprint density at radius 2 is 1.93 bits per heavy atom. The van der Waals surface area contributed by atoms with Crippen LogP contribution in [-0.4, -0.2) is 57.8 Å². The highest BCUT2D eigenvalue weighted by molar-refractivity contribution is 5.92. The van der Waals surface area contributed by atoms with Crippen molar-refractivity contribution in [3.05, 3.63) is 58.3 Å². The Kier molecular flexibility index (Phi) is 5.07. The quantitative estimate of drug-likeness (QED) is 0.845. The van der Waals surface area contributed by atoms with Gasteiger partial charge in [0.25, 0.3) is 5.91 Å². The van der Waals surface area contributed by atoms with E-state index in [9.17, 15) is 14.4 Å². The van der Waals surface area contributed by atoms with Crippen LogP contribution in [0.15, 0.2) is 41.3 Å². The number of likely N-dealkylation sites (tertiary alicyclic amines) is 2. The molecule has 2 aliphatic heterocycles. The maximum absolute atomic E-state index is 12.8. The molecule has 2 aromatic rings. The SMILES string of the molecule is O=C1CC[C@@]2(CCCN(C(=O)c3c[nH]c(=O)[nH]3)C2)CN1CCc1ccccc1. The second-order valence-electron chi connectivity index (χ2n) is 8.04. The lowest BCUT2D eigenvalue weighted by atomic mass is 9.73. The fourth-order valence-electron chi connectivity index (χ4n) is 4.55. The minimum Gasteiger partial charge on any atom is -0.342 e. The Morgan fingerprint density at radius 3 is 2.68 bits per heavy atom. The van der Waals surface area contributed by atoms with Crippen LogP contribution < -0.4 is 5.69 Å². The van der Waals surface area contributed by atoms with Crippen LogP contribution in [0.3, 0.4) is 0 Å². The van der Waals surface area contributed by atoms with Crippen molar-refractivity contribution in [3.8, 4) is 0 Å². The van der Waals surface area contributed by atoms with Crippen molar-refractivity contribution in [1.29, 1.82) is 0 Å². The first kappa shape index (κ1) is 18.5. The van der Waals surface area contributed by atoms with Gasteiger partial charge in [0, 0.05) is 44.2 Å². The van der Waals surface area contributed by atoms with Crippen LogP contribution in [0.1, 0.15) is 41.7 Å². The molecule has 0 unspecified atom stereocenters. The lowest BCUT2D eigenvalue weighted by Crippen LogP contribution is -2.55. The van der Waals surface area contributed by atoms with Gasteiger partial charge in [-0.15, -0.1) is 0 Å². The second kappa shape index (κ2) is 7.66. The first-order valence-corrected chi connectivity index (χ1v) is 9.93. The zero-order valence-electron chi connectivity index (χ0n) is 15.9. The van der Waals surface area contributed by atoms with E-state index in [1.54, 1.807) is 0 Å². The van der Waals surface area contributed by atoms with Crippen molar-refractivity contribution in [2.75, 3.05) is 26.2 Å². The van der Waals surface area contributed by atoms with E-state index in [4.69, 9.17) is 0 Å². The Labute approximate surface area is 163 Å². The molecule has 1 aromatic carbocycles. The fraction of sp³-hybridized carbons (Fsp3) is 0.476. The topological polar surface area (TPSA) is 89.3 Å². The highest BCUT2D eigenvalue weighted by Crippen LogP contribution is 2.39. The monoisotopic (exact) mass is 382 g/mol. The van der Waals surface area contributed by atoms with Crippen molar-refractivity contribution < 1.29 is 9.59 Å². The number of nitrogens with zero attached hydrogens (tertiary/aromatic N) is 2. The fourth-order valence-corrected chi connectivity index (χ4v) is 4.55. The van der Waals surface area contributed by atoms with Crippen LogP contribution in [0.5, 0.6) is 0 Å². The molecule has 1 atom stereocenters. The van der Waals surface area contributed by atoms with Crippen molar-refractivity contribution in [2.24, 2.45) is 5.41 Å². The summed E-state index contributed by atoms with van der Waals surface area (Å²) in [7, 11) is 0. The van der Waals surface area contributed by atoms with E-state index in [0.717, 1.165) is 25.7 Å². The smallest absolute Gasteiger partial charge is 0.323 e. The van der Waals surface area contributed by atoms with E-state index in [1.165, 1.54) is 11.8 Å². The van der Waals surface area contributed by atoms with E-state index in [2.05, 4.69) is 22.1 Å². The van der Waals surface area contributed by atoms with Crippen LogP contribution in [0.2, 0.25) is 0 Å². The molecule has 7 nitrogen and oxygen atoms in total. The number of rotatable bonds is 4. The molecule has 2 fully saturated rings. The zero-order chi connectivity index (χ0) is 19.6. The van der Waals surface area contributed by atoms with E-state index < -0.39 is 0 Å². The van der Waals surface area contributed by atoms with Crippen LogP contribution >= 0.6 is 0 Å².